The topological polar surface area (TPSA) is 75.7 Å². The van der Waals surface area contributed by atoms with Gasteiger partial charge in [0.1, 0.15) is 5.00 Å². The second-order valence-electron chi connectivity index (χ2n) is 6.93. The van der Waals surface area contributed by atoms with Crippen molar-refractivity contribution in [1.82, 2.24) is 4.90 Å². The monoisotopic (exact) mass is 416 g/mol. The molecule has 0 fully saturated rings. The van der Waals surface area contributed by atoms with E-state index >= 15 is 0 Å². The zero-order valence-electron chi connectivity index (χ0n) is 17.6. The number of nitrogens with zero attached hydrogens (tertiary/aromatic N) is 1. The summed E-state index contributed by atoms with van der Waals surface area (Å²) in [6, 6.07) is 8.31. The molecule has 0 atom stereocenters. The summed E-state index contributed by atoms with van der Waals surface area (Å²) in [5, 5.41) is 3.14. The van der Waals surface area contributed by atoms with Gasteiger partial charge in [-0.05, 0) is 50.9 Å². The van der Waals surface area contributed by atoms with Crippen molar-refractivity contribution in [3.8, 4) is 0 Å². The Morgan fingerprint density at radius 3 is 2.28 bits per heavy atom. The minimum Gasteiger partial charge on any atom is -0.462 e. The summed E-state index contributed by atoms with van der Waals surface area (Å²) < 4.78 is 5.10. The molecule has 1 aromatic heterocycles. The molecule has 6 nitrogen and oxygen atoms in total. The summed E-state index contributed by atoms with van der Waals surface area (Å²) in [6.45, 7) is 7.97. The Morgan fingerprint density at radius 1 is 1.10 bits per heavy atom. The molecule has 29 heavy (non-hydrogen) atoms. The van der Waals surface area contributed by atoms with Crippen LogP contribution in [-0.4, -0.2) is 42.8 Å². The van der Waals surface area contributed by atoms with Crippen molar-refractivity contribution in [2.45, 2.75) is 40.7 Å². The molecule has 2 rings (SSSR count). The highest BCUT2D eigenvalue weighted by Crippen LogP contribution is 2.34. The minimum atomic E-state index is -0.534. The SMILES string of the molecule is CCOC(=O)c1c(NC(=O)CN(C)Cc2ccc(CC)cc2)sc(C(C)=O)c1C. The third-order valence-corrected chi connectivity index (χ3v) is 5.80. The van der Waals surface area contributed by atoms with Crippen molar-refractivity contribution in [3.63, 3.8) is 0 Å². The number of ether oxygens (including phenoxy) is 1. The maximum absolute atomic E-state index is 12.6. The first kappa shape index (κ1) is 22.8. The van der Waals surface area contributed by atoms with Crippen LogP contribution in [0.1, 0.15) is 57.5 Å². The number of thiophene rings is 1. The lowest BCUT2D eigenvalue weighted by molar-refractivity contribution is -0.117. The lowest BCUT2D eigenvalue weighted by atomic mass is 10.1. The van der Waals surface area contributed by atoms with Crippen LogP contribution in [0.3, 0.4) is 0 Å². The standard InChI is InChI=1S/C22H28N2O4S/c1-6-16-8-10-17(11-9-16)12-24(5)13-18(26)23-21-19(22(27)28-7-2)14(3)20(29-21)15(4)25/h8-11H,6-7,12-13H2,1-5H3,(H,23,26). The fourth-order valence-corrected chi connectivity index (χ4v) is 4.15. The molecule has 1 amide bonds. The van der Waals surface area contributed by atoms with Crippen LogP contribution in [0, 0.1) is 6.92 Å². The number of aryl methyl sites for hydroxylation is 1. The van der Waals surface area contributed by atoms with Gasteiger partial charge in [-0.25, -0.2) is 4.79 Å². The largest absolute Gasteiger partial charge is 0.462 e. The predicted octanol–water partition coefficient (Wildman–Crippen LogP) is 4.07. The van der Waals surface area contributed by atoms with Crippen LogP contribution in [-0.2, 0) is 22.5 Å². The van der Waals surface area contributed by atoms with Gasteiger partial charge in [0.25, 0.3) is 0 Å². The molecule has 1 N–H and O–H groups in total. The number of hydrogen-bond acceptors (Lipinski definition) is 6. The number of nitrogens with one attached hydrogen (secondary N) is 1. The number of hydrogen-bond donors (Lipinski definition) is 1. The van der Waals surface area contributed by atoms with Gasteiger partial charge in [0.15, 0.2) is 5.78 Å². The number of esters is 1. The fourth-order valence-electron chi connectivity index (χ4n) is 3.05. The van der Waals surface area contributed by atoms with Gasteiger partial charge in [0.05, 0.1) is 23.6 Å². The van der Waals surface area contributed by atoms with Gasteiger partial charge in [0.2, 0.25) is 5.91 Å². The molecular formula is C22H28N2O4S. The third-order valence-electron chi connectivity index (χ3n) is 4.50. The lowest BCUT2D eigenvalue weighted by Crippen LogP contribution is -2.30. The van der Waals surface area contributed by atoms with E-state index in [1.807, 2.05) is 11.9 Å². The summed E-state index contributed by atoms with van der Waals surface area (Å²) in [5.41, 5.74) is 3.19. The molecule has 7 heteroatoms. The molecule has 0 bridgehead atoms. The molecule has 0 aliphatic heterocycles. The maximum atomic E-state index is 12.6. The summed E-state index contributed by atoms with van der Waals surface area (Å²) in [5.74, 6) is -0.931. The summed E-state index contributed by atoms with van der Waals surface area (Å²) in [4.78, 5) is 39.1. The van der Waals surface area contributed by atoms with E-state index in [0.29, 0.717) is 22.0 Å². The molecule has 0 saturated heterocycles. The van der Waals surface area contributed by atoms with Crippen LogP contribution < -0.4 is 5.32 Å². The van der Waals surface area contributed by atoms with E-state index in [0.717, 1.165) is 23.3 Å². The highest BCUT2D eigenvalue weighted by molar-refractivity contribution is 7.18. The Bertz CT molecular complexity index is 887. The van der Waals surface area contributed by atoms with Crippen LogP contribution in [0.4, 0.5) is 5.00 Å². The highest BCUT2D eigenvalue weighted by atomic mass is 32.1. The van der Waals surface area contributed by atoms with E-state index in [4.69, 9.17) is 4.74 Å². The number of Topliss-reactive ketones (excluding diaryl/α,β-unsaturated/α-hetero) is 1. The molecule has 1 aromatic carbocycles. The first-order chi connectivity index (χ1) is 13.8. The van der Waals surface area contributed by atoms with Crippen LogP contribution in [0.5, 0.6) is 0 Å². The van der Waals surface area contributed by atoms with Crippen molar-refractivity contribution in [3.05, 3.63) is 51.4 Å². The van der Waals surface area contributed by atoms with Gasteiger partial charge in [-0.15, -0.1) is 11.3 Å². The Hall–Kier alpha value is -2.51. The first-order valence-corrected chi connectivity index (χ1v) is 10.5. The number of benzene rings is 1. The van der Waals surface area contributed by atoms with Crippen molar-refractivity contribution < 1.29 is 19.1 Å². The van der Waals surface area contributed by atoms with Gasteiger partial charge in [0, 0.05) is 6.54 Å². The molecule has 0 saturated carbocycles. The lowest BCUT2D eigenvalue weighted by Gasteiger charge is -2.16. The Balaban J connectivity index is 2.09. The number of amides is 1. The molecule has 0 radical (unpaired) electrons. The molecule has 0 aliphatic carbocycles. The van der Waals surface area contributed by atoms with Gasteiger partial charge in [-0.3, -0.25) is 14.5 Å². The second-order valence-corrected chi connectivity index (χ2v) is 7.95. The van der Waals surface area contributed by atoms with E-state index in [1.165, 1.54) is 12.5 Å². The molecule has 0 unspecified atom stereocenters. The van der Waals surface area contributed by atoms with Crippen LogP contribution in [0.25, 0.3) is 0 Å². The highest BCUT2D eigenvalue weighted by Gasteiger charge is 2.25. The van der Waals surface area contributed by atoms with E-state index < -0.39 is 5.97 Å². The number of carbonyl (C=O) groups is 3. The van der Waals surface area contributed by atoms with Gasteiger partial charge in [-0.1, -0.05) is 31.2 Å². The van der Waals surface area contributed by atoms with E-state index in [1.54, 1.807) is 13.8 Å². The zero-order chi connectivity index (χ0) is 21.6. The summed E-state index contributed by atoms with van der Waals surface area (Å²) in [7, 11) is 1.86. The number of likely N-dealkylation sites (N-methyl/N-ethyl adjacent to an activating group) is 1. The van der Waals surface area contributed by atoms with Gasteiger partial charge < -0.3 is 10.1 Å². The first-order valence-electron chi connectivity index (χ1n) is 9.64. The summed E-state index contributed by atoms with van der Waals surface area (Å²) >= 11 is 1.11. The molecule has 156 valence electrons. The van der Waals surface area contributed by atoms with Crippen molar-refractivity contribution in [1.29, 1.82) is 0 Å². The molecule has 0 aliphatic rings. The van der Waals surface area contributed by atoms with Crippen LogP contribution in [0.2, 0.25) is 0 Å². The Morgan fingerprint density at radius 2 is 1.72 bits per heavy atom. The smallest absolute Gasteiger partial charge is 0.341 e. The number of ketones is 1. The quantitative estimate of drug-likeness (QED) is 0.493. The number of anilines is 1. The molecule has 0 spiro atoms. The number of rotatable bonds is 9. The maximum Gasteiger partial charge on any atom is 0.341 e. The minimum absolute atomic E-state index is 0.147. The molecule has 1 heterocycles. The van der Waals surface area contributed by atoms with Crippen molar-refractivity contribution in [2.24, 2.45) is 0 Å². The third kappa shape index (κ3) is 5.98. The van der Waals surface area contributed by atoms with E-state index in [-0.39, 0.29) is 30.4 Å². The van der Waals surface area contributed by atoms with Crippen LogP contribution >= 0.6 is 11.3 Å². The van der Waals surface area contributed by atoms with Gasteiger partial charge in [-0.2, -0.15) is 0 Å². The average Bonchev–Trinajstić information content (AvgIpc) is 2.98. The fraction of sp³-hybridized carbons (Fsp3) is 0.409. The second kappa shape index (κ2) is 10.3. The van der Waals surface area contributed by atoms with Crippen molar-refractivity contribution >= 4 is 34.0 Å². The Kier molecular flexibility index (Phi) is 8.10. The summed E-state index contributed by atoms with van der Waals surface area (Å²) in [6.07, 6.45) is 0.990. The van der Waals surface area contributed by atoms with Gasteiger partial charge >= 0.3 is 5.97 Å². The number of carbonyl (C=O) groups excluding carboxylic acids is 3. The van der Waals surface area contributed by atoms with E-state index in [2.05, 4.69) is 36.5 Å². The van der Waals surface area contributed by atoms with E-state index in [9.17, 15) is 14.4 Å². The predicted molar refractivity (Wildman–Crippen MR) is 116 cm³/mol. The van der Waals surface area contributed by atoms with Crippen molar-refractivity contribution in [2.75, 3.05) is 25.5 Å². The normalized spacial score (nSPS) is 10.8. The average molecular weight is 417 g/mol. The van der Waals surface area contributed by atoms with Crippen LogP contribution in [0.15, 0.2) is 24.3 Å². The Labute approximate surface area is 175 Å². The molecule has 2 aromatic rings. The zero-order valence-corrected chi connectivity index (χ0v) is 18.4. The molecular weight excluding hydrogens is 388 g/mol.